The monoisotopic (exact) mass is 418 g/mol. The van der Waals surface area contributed by atoms with Gasteiger partial charge in [-0.05, 0) is 43.3 Å². The van der Waals surface area contributed by atoms with Crippen LogP contribution in [0.25, 0.3) is 0 Å². The van der Waals surface area contributed by atoms with E-state index in [1.54, 1.807) is 97.9 Å². The van der Waals surface area contributed by atoms with Crippen molar-refractivity contribution in [3.8, 4) is 0 Å². The molecule has 0 saturated carbocycles. The Labute approximate surface area is 180 Å². The maximum absolute atomic E-state index is 12.5. The molecular weight excluding hydrogens is 396 g/mol. The van der Waals surface area contributed by atoms with E-state index in [4.69, 9.17) is 14.2 Å². The molecule has 0 aliphatic carbocycles. The Morgan fingerprint density at radius 3 is 1.45 bits per heavy atom. The molecule has 0 fully saturated rings. The van der Waals surface area contributed by atoms with Gasteiger partial charge in [-0.3, -0.25) is 0 Å². The van der Waals surface area contributed by atoms with Gasteiger partial charge < -0.3 is 14.2 Å². The second-order valence-corrected chi connectivity index (χ2v) is 6.75. The van der Waals surface area contributed by atoms with Gasteiger partial charge >= 0.3 is 17.9 Å². The second kappa shape index (κ2) is 10.7. The summed E-state index contributed by atoms with van der Waals surface area (Å²) in [5, 5.41) is 0. The Kier molecular flexibility index (Phi) is 7.54. The van der Waals surface area contributed by atoms with Crippen LogP contribution in [0.15, 0.2) is 91.0 Å². The second-order valence-electron chi connectivity index (χ2n) is 6.75. The van der Waals surface area contributed by atoms with E-state index >= 15 is 0 Å². The van der Waals surface area contributed by atoms with E-state index in [1.807, 2.05) is 0 Å². The molecule has 0 bridgehead atoms. The van der Waals surface area contributed by atoms with Gasteiger partial charge in [0, 0.05) is 0 Å². The van der Waals surface area contributed by atoms with Crippen molar-refractivity contribution in [2.75, 3.05) is 6.61 Å². The normalized spacial score (nSPS) is 12.3. The number of carbonyl (C=O) groups excluding carboxylic acids is 3. The molecule has 0 aromatic heterocycles. The molecule has 0 spiro atoms. The summed E-state index contributed by atoms with van der Waals surface area (Å²) >= 11 is 0. The number of esters is 3. The minimum atomic E-state index is -0.993. The summed E-state index contributed by atoms with van der Waals surface area (Å²) < 4.78 is 16.3. The highest BCUT2D eigenvalue weighted by molar-refractivity contribution is 5.91. The molecule has 158 valence electrons. The van der Waals surface area contributed by atoms with Gasteiger partial charge in [0.2, 0.25) is 0 Å². The Balaban J connectivity index is 1.70. The van der Waals surface area contributed by atoms with Gasteiger partial charge in [0.15, 0.2) is 6.10 Å². The van der Waals surface area contributed by atoms with Crippen molar-refractivity contribution in [2.45, 2.75) is 19.1 Å². The predicted octanol–water partition coefficient (Wildman–Crippen LogP) is 4.31. The number of ether oxygens (including phenoxy) is 3. The fourth-order valence-electron chi connectivity index (χ4n) is 2.75. The van der Waals surface area contributed by atoms with Crippen molar-refractivity contribution in [1.29, 1.82) is 0 Å². The highest BCUT2D eigenvalue weighted by Crippen LogP contribution is 2.13. The van der Waals surface area contributed by atoms with Crippen molar-refractivity contribution in [3.05, 3.63) is 108 Å². The predicted molar refractivity (Wildman–Crippen MR) is 114 cm³/mol. The van der Waals surface area contributed by atoms with Crippen LogP contribution in [0.1, 0.15) is 38.0 Å². The summed E-state index contributed by atoms with van der Waals surface area (Å²) in [4.78, 5) is 37.2. The molecule has 0 aliphatic rings. The Bertz CT molecular complexity index is 1000. The molecule has 6 nitrogen and oxygen atoms in total. The Morgan fingerprint density at radius 1 is 0.613 bits per heavy atom. The number of carbonyl (C=O) groups is 3. The summed E-state index contributed by atoms with van der Waals surface area (Å²) in [6, 6.07) is 25.3. The van der Waals surface area contributed by atoms with Gasteiger partial charge in [0.05, 0.1) is 16.7 Å². The number of hydrogen-bond donors (Lipinski definition) is 0. The molecule has 0 radical (unpaired) electrons. The van der Waals surface area contributed by atoms with E-state index in [0.29, 0.717) is 16.7 Å². The van der Waals surface area contributed by atoms with E-state index in [0.717, 1.165) is 0 Å². The first kappa shape index (κ1) is 21.8. The molecule has 31 heavy (non-hydrogen) atoms. The first-order chi connectivity index (χ1) is 15.0. The largest absolute Gasteiger partial charge is 0.458 e. The van der Waals surface area contributed by atoms with Crippen LogP contribution in [-0.4, -0.2) is 36.7 Å². The summed E-state index contributed by atoms with van der Waals surface area (Å²) in [6.07, 6.45) is -1.85. The average Bonchev–Trinajstić information content (AvgIpc) is 2.83. The molecule has 0 saturated heterocycles. The van der Waals surface area contributed by atoms with E-state index in [1.165, 1.54) is 0 Å². The molecule has 0 unspecified atom stereocenters. The zero-order valence-electron chi connectivity index (χ0n) is 17.0. The first-order valence-corrected chi connectivity index (χ1v) is 9.79. The lowest BCUT2D eigenvalue weighted by Crippen LogP contribution is -2.37. The van der Waals surface area contributed by atoms with E-state index in [-0.39, 0.29) is 6.61 Å². The maximum Gasteiger partial charge on any atom is 0.338 e. The van der Waals surface area contributed by atoms with Gasteiger partial charge in [-0.15, -0.1) is 0 Å². The fraction of sp³-hybridized carbons (Fsp3) is 0.160. The van der Waals surface area contributed by atoms with Crippen molar-refractivity contribution in [3.63, 3.8) is 0 Å². The molecule has 3 aromatic rings. The van der Waals surface area contributed by atoms with Gasteiger partial charge in [-0.2, -0.15) is 0 Å². The van der Waals surface area contributed by atoms with Crippen LogP contribution in [-0.2, 0) is 14.2 Å². The van der Waals surface area contributed by atoms with Crippen molar-refractivity contribution >= 4 is 17.9 Å². The smallest absolute Gasteiger partial charge is 0.338 e. The van der Waals surface area contributed by atoms with Crippen molar-refractivity contribution < 1.29 is 28.6 Å². The van der Waals surface area contributed by atoms with Gasteiger partial charge in [-0.1, -0.05) is 54.6 Å². The molecule has 3 rings (SSSR count). The lowest BCUT2D eigenvalue weighted by atomic mass is 10.2. The highest BCUT2D eigenvalue weighted by Gasteiger charge is 2.28. The maximum atomic E-state index is 12.5. The van der Waals surface area contributed by atoms with Crippen LogP contribution in [0.5, 0.6) is 0 Å². The third-order valence-electron chi connectivity index (χ3n) is 4.48. The summed E-state index contributed by atoms with van der Waals surface area (Å²) in [7, 11) is 0. The molecule has 3 aromatic carbocycles. The van der Waals surface area contributed by atoms with Crippen LogP contribution >= 0.6 is 0 Å². The van der Waals surface area contributed by atoms with Crippen LogP contribution < -0.4 is 0 Å². The molecule has 6 heteroatoms. The molecule has 0 heterocycles. The summed E-state index contributed by atoms with van der Waals surface area (Å²) in [6.45, 7) is 1.32. The quantitative estimate of drug-likeness (QED) is 0.401. The molecule has 0 aliphatic heterocycles. The number of benzene rings is 3. The third kappa shape index (κ3) is 6.27. The van der Waals surface area contributed by atoms with Crippen LogP contribution in [0.4, 0.5) is 0 Å². The summed E-state index contributed by atoms with van der Waals surface area (Å²) in [5.74, 6) is -1.74. The van der Waals surface area contributed by atoms with Crippen molar-refractivity contribution in [1.82, 2.24) is 0 Å². The standard InChI is InChI=1S/C25H22O6/c1-18(30-24(27)20-13-7-3-8-14-20)22(31-25(28)21-15-9-4-10-16-21)17-29-23(26)19-11-5-2-6-12-19/h2-16,18,22H,17H2,1H3/t18-,22+/m1/s1. The SMILES string of the molecule is C[C@@H](OC(=O)c1ccccc1)[C@H](COC(=O)c1ccccc1)OC(=O)c1ccccc1. The number of hydrogen-bond acceptors (Lipinski definition) is 6. The fourth-order valence-corrected chi connectivity index (χ4v) is 2.75. The zero-order valence-corrected chi connectivity index (χ0v) is 17.0. The topological polar surface area (TPSA) is 78.9 Å². The van der Waals surface area contributed by atoms with Gasteiger partial charge in [0.1, 0.15) is 12.7 Å². The van der Waals surface area contributed by atoms with Gasteiger partial charge in [-0.25, -0.2) is 14.4 Å². The lowest BCUT2D eigenvalue weighted by molar-refractivity contribution is -0.0522. The Morgan fingerprint density at radius 2 is 1.00 bits per heavy atom. The lowest BCUT2D eigenvalue weighted by Gasteiger charge is -2.24. The summed E-state index contributed by atoms with van der Waals surface area (Å²) in [5.41, 5.74) is 1.07. The molecule has 2 atom stereocenters. The van der Waals surface area contributed by atoms with E-state index in [9.17, 15) is 14.4 Å². The minimum Gasteiger partial charge on any atom is -0.458 e. The van der Waals surface area contributed by atoms with Crippen LogP contribution in [0, 0.1) is 0 Å². The molecule has 0 amide bonds. The average molecular weight is 418 g/mol. The number of rotatable bonds is 8. The molecule has 0 N–H and O–H groups in total. The Hall–Kier alpha value is -3.93. The zero-order chi connectivity index (χ0) is 22.1. The van der Waals surface area contributed by atoms with Gasteiger partial charge in [0.25, 0.3) is 0 Å². The van der Waals surface area contributed by atoms with E-state index < -0.39 is 30.1 Å². The van der Waals surface area contributed by atoms with Crippen LogP contribution in [0.2, 0.25) is 0 Å². The highest BCUT2D eigenvalue weighted by atomic mass is 16.6. The van der Waals surface area contributed by atoms with E-state index in [2.05, 4.69) is 0 Å². The van der Waals surface area contributed by atoms with Crippen molar-refractivity contribution in [2.24, 2.45) is 0 Å². The minimum absolute atomic E-state index is 0.268. The third-order valence-corrected chi connectivity index (χ3v) is 4.48. The first-order valence-electron chi connectivity index (χ1n) is 9.79. The molecular formula is C25H22O6. The van der Waals surface area contributed by atoms with Crippen LogP contribution in [0.3, 0.4) is 0 Å².